The van der Waals surface area contributed by atoms with Gasteiger partial charge in [0.1, 0.15) is 11.4 Å². The molecule has 0 aliphatic carbocycles. The van der Waals surface area contributed by atoms with Gasteiger partial charge in [-0.25, -0.2) is 4.79 Å². The molecular formula is C27H23IN2O6S. The van der Waals surface area contributed by atoms with Crippen LogP contribution in [0.4, 0.5) is 11.4 Å². The zero-order valence-electron chi connectivity index (χ0n) is 20.0. The number of carboxylic acid groups (broad SMARTS) is 1. The average molecular weight is 630 g/mol. The molecule has 1 saturated heterocycles. The number of carbonyl (C=O) groups is 2. The number of rotatable bonds is 9. The second kappa shape index (κ2) is 11.6. The summed E-state index contributed by atoms with van der Waals surface area (Å²) in [6.45, 7) is 1.67. The maximum absolute atomic E-state index is 13.7. The van der Waals surface area contributed by atoms with Crippen molar-refractivity contribution in [2.75, 3.05) is 30.1 Å². The second-order valence-electron chi connectivity index (χ2n) is 7.77. The zero-order valence-corrected chi connectivity index (χ0v) is 23.0. The number of halogens is 1. The first-order valence-corrected chi connectivity index (χ1v) is 12.7. The van der Waals surface area contributed by atoms with Gasteiger partial charge in [0.25, 0.3) is 5.91 Å². The lowest BCUT2D eigenvalue weighted by Gasteiger charge is -2.21. The third-order valence-corrected chi connectivity index (χ3v) is 6.53. The quantitative estimate of drug-likeness (QED) is 0.193. The number of carboxylic acids is 1. The molecule has 3 aromatic rings. The van der Waals surface area contributed by atoms with Gasteiger partial charge in [-0.05, 0) is 102 Å². The number of anilines is 2. The molecule has 1 aliphatic heterocycles. The van der Waals surface area contributed by atoms with Crippen LogP contribution in [0, 0.1) is 3.57 Å². The van der Waals surface area contributed by atoms with Crippen LogP contribution in [-0.2, 0) is 9.59 Å². The number of para-hydroxylation sites is 1. The number of nitrogens with zero attached hydrogens (tertiary/aromatic N) is 2. The molecule has 8 nitrogen and oxygen atoms in total. The third kappa shape index (κ3) is 5.70. The van der Waals surface area contributed by atoms with Crippen LogP contribution >= 0.6 is 34.8 Å². The number of methoxy groups -OCH3 is 1. The van der Waals surface area contributed by atoms with Gasteiger partial charge in [0.05, 0.1) is 23.0 Å². The number of hydrogen-bond donors (Lipinski definition) is 1. The highest BCUT2D eigenvalue weighted by Crippen LogP contribution is 2.38. The Morgan fingerprint density at radius 2 is 1.70 bits per heavy atom. The summed E-state index contributed by atoms with van der Waals surface area (Å²) in [7, 11) is 1.59. The van der Waals surface area contributed by atoms with E-state index < -0.39 is 12.6 Å². The summed E-state index contributed by atoms with van der Waals surface area (Å²) >= 11 is 7.84. The summed E-state index contributed by atoms with van der Waals surface area (Å²) in [6.07, 6.45) is 1.73. The van der Waals surface area contributed by atoms with Crippen LogP contribution in [0.3, 0.4) is 0 Å². The van der Waals surface area contributed by atoms with Crippen molar-refractivity contribution < 1.29 is 28.9 Å². The van der Waals surface area contributed by atoms with E-state index in [9.17, 15) is 9.59 Å². The van der Waals surface area contributed by atoms with Crippen molar-refractivity contribution in [1.29, 1.82) is 0 Å². The fourth-order valence-corrected chi connectivity index (χ4v) is 4.95. The molecule has 1 aliphatic rings. The molecule has 0 bridgehead atoms. The van der Waals surface area contributed by atoms with Crippen molar-refractivity contribution in [1.82, 2.24) is 0 Å². The predicted molar refractivity (Wildman–Crippen MR) is 153 cm³/mol. The van der Waals surface area contributed by atoms with E-state index >= 15 is 0 Å². The summed E-state index contributed by atoms with van der Waals surface area (Å²) in [5.74, 6) is 0.0139. The van der Waals surface area contributed by atoms with Gasteiger partial charge in [0.2, 0.25) is 0 Å². The standard InChI is InChI=1S/C27H23IN2O6S/c1-3-35-23-15-17(13-21(28)25(23)36-16-24(31)32)14-22-26(33)30(18-7-5-4-6-8-18)27(37)29(22)19-9-11-20(34-2)12-10-19/h4-15H,3,16H2,1-2H3,(H,31,32)/b22-14+. The molecule has 4 rings (SSSR count). The Morgan fingerprint density at radius 3 is 2.32 bits per heavy atom. The first kappa shape index (κ1) is 26.4. The van der Waals surface area contributed by atoms with Crippen LogP contribution in [0.2, 0.25) is 0 Å². The highest BCUT2D eigenvalue weighted by atomic mass is 127. The second-order valence-corrected chi connectivity index (χ2v) is 9.29. The minimum atomic E-state index is -1.09. The summed E-state index contributed by atoms with van der Waals surface area (Å²) < 4.78 is 17.1. The Bertz CT molecular complexity index is 1360. The third-order valence-electron chi connectivity index (χ3n) is 5.37. The zero-order chi connectivity index (χ0) is 26.5. The molecule has 0 saturated carbocycles. The van der Waals surface area contributed by atoms with Crippen LogP contribution < -0.4 is 24.0 Å². The number of amides is 1. The maximum atomic E-state index is 13.7. The van der Waals surface area contributed by atoms with Crippen molar-refractivity contribution in [3.8, 4) is 17.2 Å². The van der Waals surface area contributed by atoms with Crippen LogP contribution in [0.15, 0.2) is 72.4 Å². The van der Waals surface area contributed by atoms with Crippen LogP contribution in [0.1, 0.15) is 12.5 Å². The SMILES string of the molecule is CCOc1cc(/C=C2\C(=O)N(c3ccccc3)C(=S)N2c2ccc(OC)cc2)cc(I)c1OCC(=O)O. The van der Waals surface area contributed by atoms with E-state index in [-0.39, 0.29) is 5.91 Å². The summed E-state index contributed by atoms with van der Waals surface area (Å²) in [5, 5.41) is 9.34. The molecule has 0 spiro atoms. The molecule has 0 radical (unpaired) electrons. The van der Waals surface area contributed by atoms with E-state index in [1.165, 1.54) is 4.90 Å². The Kier molecular flexibility index (Phi) is 8.29. The molecule has 3 aromatic carbocycles. The van der Waals surface area contributed by atoms with Gasteiger partial charge in [-0.2, -0.15) is 0 Å². The van der Waals surface area contributed by atoms with Crippen LogP contribution in [-0.4, -0.2) is 42.4 Å². The first-order valence-electron chi connectivity index (χ1n) is 11.2. The van der Waals surface area contributed by atoms with Gasteiger partial charge in [-0.1, -0.05) is 18.2 Å². The van der Waals surface area contributed by atoms with Crippen LogP contribution in [0.25, 0.3) is 6.08 Å². The normalized spacial score (nSPS) is 14.3. The van der Waals surface area contributed by atoms with E-state index in [0.29, 0.717) is 55.2 Å². The number of aliphatic carboxylic acids is 1. The maximum Gasteiger partial charge on any atom is 0.341 e. The molecule has 1 heterocycles. The van der Waals surface area contributed by atoms with Gasteiger partial charge in [0.15, 0.2) is 23.2 Å². The molecule has 0 aromatic heterocycles. The number of benzene rings is 3. The van der Waals surface area contributed by atoms with E-state index in [1.54, 1.807) is 42.4 Å². The average Bonchev–Trinajstić information content (AvgIpc) is 3.13. The molecule has 0 unspecified atom stereocenters. The monoisotopic (exact) mass is 630 g/mol. The minimum absolute atomic E-state index is 0.286. The number of hydrogen-bond acceptors (Lipinski definition) is 6. The molecule has 1 fully saturated rings. The van der Waals surface area contributed by atoms with Crippen LogP contribution in [0.5, 0.6) is 17.2 Å². The van der Waals surface area contributed by atoms with Crippen molar-refractivity contribution >= 4 is 69.2 Å². The van der Waals surface area contributed by atoms with E-state index in [1.807, 2.05) is 49.4 Å². The van der Waals surface area contributed by atoms with Gasteiger partial charge < -0.3 is 19.3 Å². The number of thiocarbonyl (C=S) groups is 1. The van der Waals surface area contributed by atoms with Gasteiger partial charge >= 0.3 is 5.97 Å². The predicted octanol–water partition coefficient (Wildman–Crippen LogP) is 5.34. The van der Waals surface area contributed by atoms with Crippen molar-refractivity contribution in [3.05, 3.63) is 81.6 Å². The Balaban J connectivity index is 1.82. The highest BCUT2D eigenvalue weighted by molar-refractivity contribution is 14.1. The summed E-state index contributed by atoms with van der Waals surface area (Å²) in [4.78, 5) is 28.0. The lowest BCUT2D eigenvalue weighted by atomic mass is 10.1. The van der Waals surface area contributed by atoms with Crippen molar-refractivity contribution in [2.24, 2.45) is 0 Å². The van der Waals surface area contributed by atoms with Crippen molar-refractivity contribution in [3.63, 3.8) is 0 Å². The number of ether oxygens (including phenoxy) is 3. The highest BCUT2D eigenvalue weighted by Gasteiger charge is 2.40. The van der Waals surface area contributed by atoms with E-state index in [0.717, 1.165) is 0 Å². The lowest BCUT2D eigenvalue weighted by Crippen LogP contribution is -2.32. The molecule has 190 valence electrons. The Hall–Kier alpha value is -3.64. The molecular weight excluding hydrogens is 607 g/mol. The molecule has 10 heteroatoms. The van der Waals surface area contributed by atoms with Gasteiger partial charge in [-0.3, -0.25) is 14.6 Å². The summed E-state index contributed by atoms with van der Waals surface area (Å²) in [5.41, 5.74) is 2.36. The lowest BCUT2D eigenvalue weighted by molar-refractivity contribution is -0.139. The smallest absolute Gasteiger partial charge is 0.341 e. The molecule has 1 N–H and O–H groups in total. The molecule has 37 heavy (non-hydrogen) atoms. The van der Waals surface area contributed by atoms with Crippen molar-refractivity contribution in [2.45, 2.75) is 6.92 Å². The topological polar surface area (TPSA) is 88.5 Å². The Morgan fingerprint density at radius 1 is 1.03 bits per heavy atom. The number of carbonyl (C=O) groups excluding carboxylic acids is 1. The molecule has 0 atom stereocenters. The fourth-order valence-electron chi connectivity index (χ4n) is 3.78. The first-order chi connectivity index (χ1) is 17.8. The largest absolute Gasteiger partial charge is 0.497 e. The Labute approximate surface area is 233 Å². The molecule has 1 amide bonds. The van der Waals surface area contributed by atoms with Gasteiger partial charge in [-0.15, -0.1) is 0 Å². The fraction of sp³-hybridized carbons (Fsp3) is 0.148. The summed E-state index contributed by atoms with van der Waals surface area (Å²) in [6, 6.07) is 20.0. The van der Waals surface area contributed by atoms with E-state index in [4.69, 9.17) is 31.5 Å². The van der Waals surface area contributed by atoms with E-state index in [2.05, 4.69) is 22.6 Å². The van der Waals surface area contributed by atoms with Gasteiger partial charge in [0, 0.05) is 5.69 Å². The minimum Gasteiger partial charge on any atom is -0.497 e.